The second-order valence-corrected chi connectivity index (χ2v) is 8.73. The number of nitrogens with zero attached hydrogens (tertiary/aromatic N) is 2. The van der Waals surface area contributed by atoms with Crippen molar-refractivity contribution in [3.8, 4) is 0 Å². The zero-order valence-corrected chi connectivity index (χ0v) is 19.8. The first kappa shape index (κ1) is 26.3. The van der Waals surface area contributed by atoms with Gasteiger partial charge in [0.05, 0.1) is 6.04 Å². The highest BCUT2D eigenvalue weighted by Gasteiger charge is 2.34. The van der Waals surface area contributed by atoms with Crippen LogP contribution in [0.1, 0.15) is 76.0 Å². The number of allylic oxidation sites excluding steroid dienone is 1. The molecule has 0 saturated carbocycles. The molecular formula is C22H37N3O4S. The van der Waals surface area contributed by atoms with Crippen LogP contribution in [0.4, 0.5) is 0 Å². The lowest BCUT2D eigenvalue weighted by Gasteiger charge is -2.38. The Bertz CT molecular complexity index is 704. The molecule has 0 fully saturated rings. The molecule has 0 aliphatic rings. The fourth-order valence-electron chi connectivity index (χ4n) is 3.25. The lowest BCUT2D eigenvalue weighted by Crippen LogP contribution is -2.53. The van der Waals surface area contributed by atoms with E-state index in [0.29, 0.717) is 24.6 Å². The topological polar surface area (TPSA) is 106 Å². The van der Waals surface area contributed by atoms with Gasteiger partial charge in [-0.3, -0.25) is 4.79 Å². The number of carbonyl (C=O) groups is 2. The van der Waals surface area contributed by atoms with E-state index in [2.05, 4.69) is 18.8 Å². The Morgan fingerprint density at radius 2 is 2.00 bits per heavy atom. The van der Waals surface area contributed by atoms with E-state index < -0.39 is 12.0 Å². The van der Waals surface area contributed by atoms with Gasteiger partial charge in [0.1, 0.15) is 11.1 Å². The van der Waals surface area contributed by atoms with E-state index in [-0.39, 0.29) is 35.6 Å². The summed E-state index contributed by atoms with van der Waals surface area (Å²) in [4.78, 5) is 30.6. The van der Waals surface area contributed by atoms with Gasteiger partial charge in [-0.05, 0) is 25.7 Å². The molecule has 3 N–H and O–H groups in total. The van der Waals surface area contributed by atoms with Crippen molar-refractivity contribution in [3.05, 3.63) is 28.2 Å². The van der Waals surface area contributed by atoms with Gasteiger partial charge in [0.15, 0.2) is 5.69 Å². The van der Waals surface area contributed by atoms with Gasteiger partial charge in [-0.15, -0.1) is 11.3 Å². The van der Waals surface area contributed by atoms with Crippen molar-refractivity contribution < 1.29 is 19.4 Å². The minimum Gasteiger partial charge on any atom is -0.476 e. The molecule has 1 aromatic heterocycles. The van der Waals surface area contributed by atoms with E-state index in [0.717, 1.165) is 6.42 Å². The molecule has 8 heteroatoms. The highest BCUT2D eigenvalue weighted by molar-refractivity contribution is 7.09. The summed E-state index contributed by atoms with van der Waals surface area (Å²) in [6.45, 7) is 12.9. The zero-order valence-electron chi connectivity index (χ0n) is 19.0. The van der Waals surface area contributed by atoms with Crippen molar-refractivity contribution in [2.24, 2.45) is 17.6 Å². The fourth-order valence-corrected chi connectivity index (χ4v) is 4.10. The Hall–Kier alpha value is -1.77. The van der Waals surface area contributed by atoms with Crippen LogP contribution in [-0.2, 0) is 9.53 Å². The standard InChI is InChI=1S/C22H37N3O4S/c1-7-10-11-25(21(26)19(23)15(6)8-2)17(14(4)5)12-18(29-9-3)20-24-16(13-30-20)22(27)28/h7,10,13-15,17-19H,8-9,11-12,23H2,1-6H3,(H,27,28)/b10-7+/t15?,17-,18-,19?/m1/s1. The monoisotopic (exact) mass is 439 g/mol. The Labute approximate surface area is 184 Å². The number of nitrogens with two attached hydrogens (primary N) is 1. The van der Waals surface area contributed by atoms with E-state index in [1.807, 2.05) is 44.7 Å². The van der Waals surface area contributed by atoms with Gasteiger partial charge in [0.2, 0.25) is 5.91 Å². The molecule has 0 saturated heterocycles. The number of carboxylic acids is 1. The predicted molar refractivity (Wildman–Crippen MR) is 121 cm³/mol. The van der Waals surface area contributed by atoms with Gasteiger partial charge < -0.3 is 20.5 Å². The maximum Gasteiger partial charge on any atom is 0.355 e. The van der Waals surface area contributed by atoms with E-state index in [1.54, 1.807) is 0 Å². The molecule has 0 radical (unpaired) electrons. The summed E-state index contributed by atoms with van der Waals surface area (Å²) in [5.74, 6) is -0.886. The van der Waals surface area contributed by atoms with Crippen molar-refractivity contribution in [3.63, 3.8) is 0 Å². The number of hydrogen-bond donors (Lipinski definition) is 2. The first-order valence-corrected chi connectivity index (χ1v) is 11.5. The van der Waals surface area contributed by atoms with Crippen LogP contribution in [0, 0.1) is 11.8 Å². The molecule has 0 aliphatic heterocycles. The summed E-state index contributed by atoms with van der Waals surface area (Å²) in [6, 6.07) is -0.692. The number of rotatable bonds is 13. The van der Waals surface area contributed by atoms with Crippen LogP contribution in [0.5, 0.6) is 0 Å². The van der Waals surface area contributed by atoms with E-state index in [4.69, 9.17) is 10.5 Å². The summed E-state index contributed by atoms with van der Waals surface area (Å²) >= 11 is 1.27. The van der Waals surface area contributed by atoms with Gasteiger partial charge >= 0.3 is 5.97 Å². The molecule has 1 aromatic rings. The summed E-state index contributed by atoms with van der Waals surface area (Å²) < 4.78 is 5.93. The first-order valence-electron chi connectivity index (χ1n) is 10.6. The number of ether oxygens (including phenoxy) is 1. The minimum atomic E-state index is -1.06. The van der Waals surface area contributed by atoms with Crippen LogP contribution in [0.15, 0.2) is 17.5 Å². The van der Waals surface area contributed by atoms with Crippen LogP contribution in [-0.4, -0.2) is 52.1 Å². The highest BCUT2D eigenvalue weighted by atomic mass is 32.1. The van der Waals surface area contributed by atoms with E-state index in [1.165, 1.54) is 16.7 Å². The number of aromatic carboxylic acids is 1. The lowest BCUT2D eigenvalue weighted by molar-refractivity contribution is -0.137. The number of aromatic nitrogens is 1. The lowest BCUT2D eigenvalue weighted by atomic mass is 9.93. The molecule has 0 aliphatic carbocycles. The number of thiazole rings is 1. The van der Waals surface area contributed by atoms with Crippen molar-refractivity contribution in [1.29, 1.82) is 0 Å². The third-order valence-electron chi connectivity index (χ3n) is 5.37. The van der Waals surface area contributed by atoms with E-state index >= 15 is 0 Å². The van der Waals surface area contributed by atoms with Crippen LogP contribution in [0.25, 0.3) is 0 Å². The quantitative estimate of drug-likeness (QED) is 0.448. The maximum atomic E-state index is 13.3. The molecule has 0 bridgehead atoms. The third-order valence-corrected chi connectivity index (χ3v) is 6.31. The maximum absolute atomic E-state index is 13.3. The van der Waals surface area contributed by atoms with Crippen molar-refractivity contribution in [2.45, 2.75) is 72.6 Å². The SMILES string of the molecule is C/C=C/CN(C(=O)C(N)C(C)CC)[C@H](C[C@@H](OCC)c1nc(C(=O)O)cs1)C(C)C. The summed E-state index contributed by atoms with van der Waals surface area (Å²) in [7, 11) is 0. The molecule has 1 amide bonds. The Balaban J connectivity index is 3.22. The van der Waals surface area contributed by atoms with Crippen molar-refractivity contribution in [2.75, 3.05) is 13.2 Å². The molecular weight excluding hydrogens is 402 g/mol. The number of amides is 1. The largest absolute Gasteiger partial charge is 0.476 e. The van der Waals surface area contributed by atoms with E-state index in [9.17, 15) is 14.7 Å². The van der Waals surface area contributed by atoms with Crippen LogP contribution >= 0.6 is 11.3 Å². The molecule has 1 rings (SSSR count). The van der Waals surface area contributed by atoms with Crippen LogP contribution in [0.3, 0.4) is 0 Å². The Morgan fingerprint density at radius 1 is 1.33 bits per heavy atom. The Morgan fingerprint density at radius 3 is 2.47 bits per heavy atom. The summed E-state index contributed by atoms with van der Waals surface area (Å²) in [6.07, 6.45) is 4.84. The molecule has 30 heavy (non-hydrogen) atoms. The highest BCUT2D eigenvalue weighted by Crippen LogP contribution is 2.31. The van der Waals surface area contributed by atoms with Crippen molar-refractivity contribution >= 4 is 23.2 Å². The first-order chi connectivity index (χ1) is 14.2. The minimum absolute atomic E-state index is 0.0152. The number of carbonyl (C=O) groups excluding carboxylic acids is 1. The number of hydrogen-bond acceptors (Lipinski definition) is 6. The molecule has 4 atom stereocenters. The summed E-state index contributed by atoms with van der Waals surface area (Å²) in [5.41, 5.74) is 6.31. The summed E-state index contributed by atoms with van der Waals surface area (Å²) in [5, 5.41) is 11.3. The molecule has 0 aromatic carbocycles. The van der Waals surface area contributed by atoms with Crippen LogP contribution < -0.4 is 5.73 Å². The predicted octanol–water partition coefficient (Wildman–Crippen LogP) is 4.11. The second-order valence-electron chi connectivity index (χ2n) is 7.84. The average Bonchev–Trinajstić information content (AvgIpc) is 3.21. The van der Waals surface area contributed by atoms with Gasteiger partial charge in [0, 0.05) is 31.0 Å². The fraction of sp³-hybridized carbons (Fsp3) is 0.682. The molecule has 1 heterocycles. The van der Waals surface area contributed by atoms with Gasteiger partial charge in [0.25, 0.3) is 0 Å². The number of carboxylic acid groups (broad SMARTS) is 1. The van der Waals surface area contributed by atoms with Crippen LogP contribution in [0.2, 0.25) is 0 Å². The van der Waals surface area contributed by atoms with Gasteiger partial charge in [-0.1, -0.05) is 46.3 Å². The smallest absolute Gasteiger partial charge is 0.355 e. The molecule has 2 unspecified atom stereocenters. The Kier molecular flexibility index (Phi) is 11.2. The molecule has 7 nitrogen and oxygen atoms in total. The molecule has 0 spiro atoms. The zero-order chi connectivity index (χ0) is 22.8. The average molecular weight is 440 g/mol. The normalized spacial score (nSPS) is 15.9. The second kappa shape index (κ2) is 12.8. The van der Waals surface area contributed by atoms with Crippen molar-refractivity contribution in [1.82, 2.24) is 9.88 Å². The van der Waals surface area contributed by atoms with Gasteiger partial charge in [-0.25, -0.2) is 9.78 Å². The third kappa shape index (κ3) is 7.18. The van der Waals surface area contributed by atoms with Gasteiger partial charge in [-0.2, -0.15) is 0 Å². The molecule has 170 valence electrons.